The Balaban J connectivity index is 1.64. The lowest BCUT2D eigenvalue weighted by atomic mass is 10.2. The van der Waals surface area contributed by atoms with Crippen LogP contribution in [0.25, 0.3) is 0 Å². The molecule has 0 aromatic carbocycles. The lowest BCUT2D eigenvalue weighted by Crippen LogP contribution is -2.38. The van der Waals surface area contributed by atoms with Gasteiger partial charge in [0.05, 0.1) is 12.0 Å². The average molecular weight is 194 g/mol. The third-order valence-electron chi connectivity index (χ3n) is 2.99. The topological polar surface area (TPSA) is 58.2 Å². The second-order valence-electron chi connectivity index (χ2n) is 4.04. The molecular weight excluding hydrogens is 180 g/mol. The molecule has 0 unspecified atom stereocenters. The zero-order valence-corrected chi connectivity index (χ0v) is 8.01. The smallest absolute Gasteiger partial charge is 0.239 e. The van der Waals surface area contributed by atoms with Crippen molar-refractivity contribution in [3.05, 3.63) is 12.7 Å². The molecule has 0 heterocycles. The van der Waals surface area contributed by atoms with Crippen molar-refractivity contribution in [1.29, 1.82) is 0 Å². The van der Waals surface area contributed by atoms with E-state index in [0.29, 0.717) is 12.5 Å². The van der Waals surface area contributed by atoms with Gasteiger partial charge < -0.3 is 10.6 Å². The highest BCUT2D eigenvalue weighted by Gasteiger charge is 2.74. The SMILES string of the molecule is C=CCNC(=O)CNC(=O)C12CC1C2. The van der Waals surface area contributed by atoms with E-state index in [1.54, 1.807) is 6.08 Å². The molecule has 2 amide bonds. The minimum Gasteiger partial charge on any atom is -0.351 e. The van der Waals surface area contributed by atoms with E-state index in [4.69, 9.17) is 0 Å². The number of hydrogen-bond acceptors (Lipinski definition) is 2. The van der Waals surface area contributed by atoms with E-state index in [1.165, 1.54) is 0 Å². The van der Waals surface area contributed by atoms with E-state index >= 15 is 0 Å². The van der Waals surface area contributed by atoms with Crippen molar-refractivity contribution < 1.29 is 9.59 Å². The average Bonchev–Trinajstić information content (AvgIpc) is 2.97. The Hall–Kier alpha value is -1.32. The molecule has 0 aromatic heterocycles. The summed E-state index contributed by atoms with van der Waals surface area (Å²) in [5, 5.41) is 5.25. The van der Waals surface area contributed by atoms with Gasteiger partial charge in [-0.15, -0.1) is 6.58 Å². The predicted molar refractivity (Wildman–Crippen MR) is 51.4 cm³/mol. The highest BCUT2D eigenvalue weighted by Crippen LogP contribution is 2.75. The summed E-state index contributed by atoms with van der Waals surface area (Å²) in [4.78, 5) is 22.5. The van der Waals surface area contributed by atoms with E-state index in [-0.39, 0.29) is 23.8 Å². The number of nitrogens with one attached hydrogen (secondary N) is 2. The zero-order chi connectivity index (χ0) is 10.2. The van der Waals surface area contributed by atoms with Gasteiger partial charge in [0.1, 0.15) is 0 Å². The van der Waals surface area contributed by atoms with Crippen molar-refractivity contribution in [3.63, 3.8) is 0 Å². The van der Waals surface area contributed by atoms with Crippen LogP contribution in [0.5, 0.6) is 0 Å². The third-order valence-corrected chi connectivity index (χ3v) is 2.99. The van der Waals surface area contributed by atoms with E-state index in [0.717, 1.165) is 12.8 Å². The molecule has 0 bridgehead atoms. The van der Waals surface area contributed by atoms with E-state index in [1.807, 2.05) is 0 Å². The number of amides is 2. The third kappa shape index (κ3) is 1.52. The number of carbonyl (C=O) groups excluding carboxylic acids is 2. The largest absolute Gasteiger partial charge is 0.351 e. The van der Waals surface area contributed by atoms with E-state index < -0.39 is 0 Å². The van der Waals surface area contributed by atoms with Gasteiger partial charge in [-0.05, 0) is 18.8 Å². The fourth-order valence-electron chi connectivity index (χ4n) is 1.66. The van der Waals surface area contributed by atoms with Crippen LogP contribution < -0.4 is 10.6 Å². The summed E-state index contributed by atoms with van der Waals surface area (Å²) < 4.78 is 0. The van der Waals surface area contributed by atoms with Crippen LogP contribution in [0.4, 0.5) is 0 Å². The summed E-state index contributed by atoms with van der Waals surface area (Å²) >= 11 is 0. The molecule has 2 aliphatic rings. The summed E-state index contributed by atoms with van der Waals surface area (Å²) in [6.45, 7) is 4.01. The molecule has 2 rings (SSSR count). The maximum absolute atomic E-state index is 11.4. The van der Waals surface area contributed by atoms with E-state index in [9.17, 15) is 9.59 Å². The van der Waals surface area contributed by atoms with Crippen LogP contribution in [0.2, 0.25) is 0 Å². The molecule has 4 heteroatoms. The summed E-state index contributed by atoms with van der Waals surface area (Å²) in [7, 11) is 0. The number of fused-ring (bicyclic) bond motifs is 1. The molecule has 0 spiro atoms. The van der Waals surface area contributed by atoms with Gasteiger partial charge in [-0.3, -0.25) is 9.59 Å². The van der Waals surface area contributed by atoms with Crippen molar-refractivity contribution in [2.24, 2.45) is 11.3 Å². The summed E-state index contributed by atoms with van der Waals surface area (Å²) in [6, 6.07) is 0. The molecular formula is C10H14N2O2. The Kier molecular flexibility index (Phi) is 2.06. The number of hydrogen-bond donors (Lipinski definition) is 2. The van der Waals surface area contributed by atoms with Crippen molar-refractivity contribution in [2.45, 2.75) is 12.8 Å². The molecule has 0 aliphatic heterocycles. The van der Waals surface area contributed by atoms with Crippen molar-refractivity contribution in [1.82, 2.24) is 10.6 Å². The zero-order valence-electron chi connectivity index (χ0n) is 8.01. The van der Waals surface area contributed by atoms with Crippen LogP contribution in [0.1, 0.15) is 12.8 Å². The monoisotopic (exact) mass is 194 g/mol. The van der Waals surface area contributed by atoms with Gasteiger partial charge in [0.2, 0.25) is 11.8 Å². The van der Waals surface area contributed by atoms with Crippen molar-refractivity contribution in [2.75, 3.05) is 13.1 Å². The molecule has 2 saturated carbocycles. The first-order valence-corrected chi connectivity index (χ1v) is 4.85. The molecule has 0 aromatic rings. The van der Waals surface area contributed by atoms with Crippen LogP contribution in [-0.2, 0) is 9.59 Å². The Morgan fingerprint density at radius 1 is 1.43 bits per heavy atom. The van der Waals surface area contributed by atoms with E-state index in [2.05, 4.69) is 17.2 Å². The molecule has 14 heavy (non-hydrogen) atoms. The van der Waals surface area contributed by atoms with Gasteiger partial charge in [0.15, 0.2) is 0 Å². The van der Waals surface area contributed by atoms with Crippen molar-refractivity contribution >= 4 is 11.8 Å². The highest BCUT2D eigenvalue weighted by atomic mass is 16.2. The lowest BCUT2D eigenvalue weighted by Gasteiger charge is -2.06. The fourth-order valence-corrected chi connectivity index (χ4v) is 1.66. The van der Waals surface area contributed by atoms with Crippen LogP contribution >= 0.6 is 0 Å². The minimum atomic E-state index is -0.160. The van der Waals surface area contributed by atoms with Crippen molar-refractivity contribution in [3.8, 4) is 0 Å². The number of rotatable bonds is 5. The van der Waals surface area contributed by atoms with Crippen LogP contribution in [0, 0.1) is 11.3 Å². The van der Waals surface area contributed by atoms with Gasteiger partial charge in [-0.1, -0.05) is 6.08 Å². The first kappa shape index (κ1) is 9.24. The van der Waals surface area contributed by atoms with Crippen LogP contribution in [0.3, 0.4) is 0 Å². The summed E-state index contributed by atoms with van der Waals surface area (Å²) in [6.07, 6.45) is 3.65. The molecule has 2 N–H and O–H groups in total. The van der Waals surface area contributed by atoms with Gasteiger partial charge in [-0.2, -0.15) is 0 Å². The van der Waals surface area contributed by atoms with Crippen LogP contribution in [0.15, 0.2) is 12.7 Å². The molecule has 0 saturated heterocycles. The van der Waals surface area contributed by atoms with Gasteiger partial charge >= 0.3 is 0 Å². The first-order valence-electron chi connectivity index (χ1n) is 4.85. The normalized spacial score (nSPS) is 31.3. The minimum absolute atomic E-state index is 0.0429. The molecule has 2 aliphatic carbocycles. The quantitative estimate of drug-likeness (QED) is 0.596. The lowest BCUT2D eigenvalue weighted by molar-refractivity contribution is -0.128. The Bertz CT molecular complexity index is 292. The molecule has 76 valence electrons. The fraction of sp³-hybridized carbons (Fsp3) is 0.600. The summed E-state index contributed by atoms with van der Waals surface area (Å²) in [5.74, 6) is 0.516. The first-order chi connectivity index (χ1) is 6.69. The summed E-state index contributed by atoms with van der Waals surface area (Å²) in [5.41, 5.74) is -0.0429. The maximum Gasteiger partial charge on any atom is 0.239 e. The second-order valence-corrected chi connectivity index (χ2v) is 4.04. The van der Waals surface area contributed by atoms with Crippen LogP contribution in [-0.4, -0.2) is 24.9 Å². The Morgan fingerprint density at radius 2 is 2.07 bits per heavy atom. The van der Waals surface area contributed by atoms with Gasteiger partial charge in [-0.25, -0.2) is 0 Å². The Morgan fingerprint density at radius 3 is 2.57 bits per heavy atom. The molecule has 4 nitrogen and oxygen atoms in total. The molecule has 0 radical (unpaired) electrons. The molecule has 2 fully saturated rings. The standard InChI is InChI=1S/C10H14N2O2/c1-2-3-11-8(13)6-12-9(14)10-4-7(10)5-10/h2,7H,1,3-6H2,(H,11,13)(H,12,14). The second kappa shape index (κ2) is 3.12. The maximum atomic E-state index is 11.4. The highest BCUT2D eigenvalue weighted by molar-refractivity contribution is 5.92. The molecule has 0 atom stereocenters. The van der Waals surface area contributed by atoms with Gasteiger partial charge in [0, 0.05) is 6.54 Å². The number of carbonyl (C=O) groups is 2. The predicted octanol–water partition coefficient (Wildman–Crippen LogP) is -0.185. The van der Waals surface area contributed by atoms with Gasteiger partial charge in [0.25, 0.3) is 0 Å². The Labute approximate surface area is 82.7 Å².